The lowest BCUT2D eigenvalue weighted by molar-refractivity contribution is 0.102. The summed E-state index contributed by atoms with van der Waals surface area (Å²) < 4.78 is 19.7. The zero-order chi connectivity index (χ0) is 15.6. The molecule has 0 unspecified atom stereocenters. The number of ether oxygens (including phenoxy) is 1. The maximum absolute atomic E-state index is 13.6. The van der Waals surface area contributed by atoms with Gasteiger partial charge in [-0.15, -0.1) is 0 Å². The van der Waals surface area contributed by atoms with E-state index in [2.05, 4.69) is 37.2 Å². The lowest BCUT2D eigenvalue weighted by Gasteiger charge is -2.11. The second-order valence-electron chi connectivity index (χ2n) is 4.16. The van der Waals surface area contributed by atoms with Crippen LogP contribution in [0.4, 0.5) is 15.8 Å². The Morgan fingerprint density at radius 3 is 2.38 bits per heavy atom. The standard InChI is InChI=1S/C14H11Br2FN2O2/c1-21-12-3-2-7(4-11(12)17)14(20)19-13-9(15)5-8(18)6-10(13)16/h2-6H,18H2,1H3,(H,19,20). The van der Waals surface area contributed by atoms with Gasteiger partial charge < -0.3 is 15.8 Å². The summed E-state index contributed by atoms with van der Waals surface area (Å²) >= 11 is 6.63. The van der Waals surface area contributed by atoms with Crippen molar-refractivity contribution in [3.05, 3.63) is 50.7 Å². The average Bonchev–Trinajstić information content (AvgIpc) is 2.42. The highest BCUT2D eigenvalue weighted by Crippen LogP contribution is 2.33. The number of halogens is 3. The molecule has 0 saturated heterocycles. The van der Waals surface area contributed by atoms with Crippen LogP contribution in [0.25, 0.3) is 0 Å². The molecule has 0 heterocycles. The molecule has 0 radical (unpaired) electrons. The number of carbonyl (C=O) groups is 1. The molecule has 0 aliphatic heterocycles. The molecule has 0 bridgehead atoms. The highest BCUT2D eigenvalue weighted by molar-refractivity contribution is 9.11. The molecule has 3 N–H and O–H groups in total. The first-order valence-electron chi connectivity index (χ1n) is 5.81. The summed E-state index contributed by atoms with van der Waals surface area (Å²) in [6.07, 6.45) is 0. The molecule has 0 saturated carbocycles. The van der Waals surface area contributed by atoms with E-state index in [-0.39, 0.29) is 11.3 Å². The van der Waals surface area contributed by atoms with Gasteiger partial charge in [0, 0.05) is 20.2 Å². The Labute approximate surface area is 137 Å². The SMILES string of the molecule is COc1ccc(C(=O)Nc2c(Br)cc(N)cc2Br)cc1F. The summed E-state index contributed by atoms with van der Waals surface area (Å²) in [4.78, 5) is 12.2. The summed E-state index contributed by atoms with van der Waals surface area (Å²) in [5, 5.41) is 2.69. The van der Waals surface area contributed by atoms with Gasteiger partial charge in [-0.1, -0.05) is 0 Å². The van der Waals surface area contributed by atoms with Crippen LogP contribution in [0.2, 0.25) is 0 Å². The Balaban J connectivity index is 2.28. The first-order chi connectivity index (χ1) is 9.92. The van der Waals surface area contributed by atoms with E-state index in [0.29, 0.717) is 20.3 Å². The molecule has 110 valence electrons. The lowest BCUT2D eigenvalue weighted by atomic mass is 10.2. The number of hydrogen-bond donors (Lipinski definition) is 2. The Bertz CT molecular complexity index is 684. The molecule has 1 amide bonds. The van der Waals surface area contributed by atoms with E-state index in [1.54, 1.807) is 12.1 Å². The number of nitrogens with one attached hydrogen (secondary N) is 1. The molecular weight excluding hydrogens is 407 g/mol. The molecule has 0 aliphatic rings. The van der Waals surface area contributed by atoms with Crippen LogP contribution in [0.5, 0.6) is 5.75 Å². The van der Waals surface area contributed by atoms with E-state index in [4.69, 9.17) is 10.5 Å². The largest absolute Gasteiger partial charge is 0.494 e. The summed E-state index contributed by atoms with van der Waals surface area (Å²) in [7, 11) is 1.36. The summed E-state index contributed by atoms with van der Waals surface area (Å²) in [6, 6.07) is 7.32. The summed E-state index contributed by atoms with van der Waals surface area (Å²) in [5.74, 6) is -0.954. The third kappa shape index (κ3) is 3.54. The van der Waals surface area contributed by atoms with Gasteiger partial charge in [0.05, 0.1) is 12.8 Å². The van der Waals surface area contributed by atoms with Crippen molar-refractivity contribution < 1.29 is 13.9 Å². The number of nitrogen functional groups attached to an aromatic ring is 1. The van der Waals surface area contributed by atoms with Crippen molar-refractivity contribution in [3.8, 4) is 5.75 Å². The molecule has 4 nitrogen and oxygen atoms in total. The Morgan fingerprint density at radius 2 is 1.86 bits per heavy atom. The molecule has 2 aromatic carbocycles. The highest BCUT2D eigenvalue weighted by atomic mass is 79.9. The molecule has 0 fully saturated rings. The van der Waals surface area contributed by atoms with Crippen molar-refractivity contribution in [1.82, 2.24) is 0 Å². The average molecular weight is 418 g/mol. The zero-order valence-electron chi connectivity index (χ0n) is 10.9. The van der Waals surface area contributed by atoms with Crippen LogP contribution in [-0.4, -0.2) is 13.0 Å². The van der Waals surface area contributed by atoms with Gasteiger partial charge in [-0.3, -0.25) is 4.79 Å². The van der Waals surface area contributed by atoms with Gasteiger partial charge in [0.25, 0.3) is 5.91 Å². The van der Waals surface area contributed by atoms with E-state index >= 15 is 0 Å². The molecular formula is C14H11Br2FN2O2. The fourth-order valence-electron chi connectivity index (χ4n) is 1.71. The predicted octanol–water partition coefficient (Wildman–Crippen LogP) is 4.19. The molecule has 2 rings (SSSR count). The van der Waals surface area contributed by atoms with Crippen LogP contribution < -0.4 is 15.8 Å². The fourth-order valence-corrected chi connectivity index (χ4v) is 3.13. The zero-order valence-corrected chi connectivity index (χ0v) is 14.1. The minimum Gasteiger partial charge on any atom is -0.494 e. The molecule has 7 heteroatoms. The molecule has 2 aromatic rings. The van der Waals surface area contributed by atoms with Gasteiger partial charge in [-0.2, -0.15) is 0 Å². The summed E-state index contributed by atoms with van der Waals surface area (Å²) in [6.45, 7) is 0. The number of benzene rings is 2. The van der Waals surface area contributed by atoms with Crippen LogP contribution in [0, 0.1) is 5.82 Å². The van der Waals surface area contributed by atoms with E-state index in [0.717, 1.165) is 6.07 Å². The van der Waals surface area contributed by atoms with Crippen molar-refractivity contribution in [2.24, 2.45) is 0 Å². The van der Waals surface area contributed by atoms with Crippen LogP contribution >= 0.6 is 31.9 Å². The van der Waals surface area contributed by atoms with E-state index in [1.165, 1.54) is 19.2 Å². The number of methoxy groups -OCH3 is 1. The smallest absolute Gasteiger partial charge is 0.255 e. The minimum atomic E-state index is -0.597. The van der Waals surface area contributed by atoms with E-state index < -0.39 is 11.7 Å². The highest BCUT2D eigenvalue weighted by Gasteiger charge is 2.14. The third-order valence-electron chi connectivity index (χ3n) is 2.72. The second-order valence-corrected chi connectivity index (χ2v) is 5.87. The number of anilines is 2. The van der Waals surface area contributed by atoms with Crippen LogP contribution in [0.3, 0.4) is 0 Å². The van der Waals surface area contributed by atoms with Gasteiger partial charge in [0.1, 0.15) is 0 Å². The number of hydrogen-bond acceptors (Lipinski definition) is 3. The monoisotopic (exact) mass is 416 g/mol. The van der Waals surface area contributed by atoms with Crippen molar-refractivity contribution in [3.63, 3.8) is 0 Å². The number of nitrogens with two attached hydrogens (primary N) is 1. The van der Waals surface area contributed by atoms with Crippen molar-refractivity contribution in [2.75, 3.05) is 18.2 Å². The van der Waals surface area contributed by atoms with Crippen LogP contribution in [-0.2, 0) is 0 Å². The Morgan fingerprint density at radius 1 is 1.24 bits per heavy atom. The van der Waals surface area contributed by atoms with Gasteiger partial charge >= 0.3 is 0 Å². The second kappa shape index (κ2) is 6.44. The van der Waals surface area contributed by atoms with Crippen molar-refractivity contribution in [2.45, 2.75) is 0 Å². The third-order valence-corrected chi connectivity index (χ3v) is 3.97. The topological polar surface area (TPSA) is 64.3 Å². The number of rotatable bonds is 3. The quantitative estimate of drug-likeness (QED) is 0.735. The molecule has 0 spiro atoms. The molecule has 0 aromatic heterocycles. The number of carbonyl (C=O) groups excluding carboxylic acids is 1. The van der Waals surface area contributed by atoms with Gasteiger partial charge in [0.2, 0.25) is 0 Å². The van der Waals surface area contributed by atoms with Gasteiger partial charge in [-0.05, 0) is 62.2 Å². The molecule has 21 heavy (non-hydrogen) atoms. The lowest BCUT2D eigenvalue weighted by Crippen LogP contribution is -2.13. The first kappa shape index (κ1) is 15.8. The van der Waals surface area contributed by atoms with Gasteiger partial charge in [-0.25, -0.2) is 4.39 Å². The predicted molar refractivity (Wildman–Crippen MR) is 87.2 cm³/mol. The normalized spacial score (nSPS) is 10.3. The van der Waals surface area contributed by atoms with Gasteiger partial charge in [0.15, 0.2) is 11.6 Å². The van der Waals surface area contributed by atoms with E-state index in [9.17, 15) is 9.18 Å². The van der Waals surface area contributed by atoms with Crippen molar-refractivity contribution >= 4 is 49.1 Å². The fraction of sp³-hybridized carbons (Fsp3) is 0.0714. The molecule has 0 atom stereocenters. The first-order valence-corrected chi connectivity index (χ1v) is 7.40. The van der Waals surface area contributed by atoms with Crippen molar-refractivity contribution in [1.29, 1.82) is 0 Å². The minimum absolute atomic E-state index is 0.0846. The van der Waals surface area contributed by atoms with Crippen LogP contribution in [0.15, 0.2) is 39.3 Å². The van der Waals surface area contributed by atoms with E-state index in [1.807, 2.05) is 0 Å². The summed E-state index contributed by atoms with van der Waals surface area (Å²) in [5.41, 5.74) is 6.93. The molecule has 0 aliphatic carbocycles. The maximum atomic E-state index is 13.6. The Hall–Kier alpha value is -1.60. The van der Waals surface area contributed by atoms with Crippen LogP contribution in [0.1, 0.15) is 10.4 Å². The maximum Gasteiger partial charge on any atom is 0.255 e. The Kier molecular flexibility index (Phi) is 4.84. The number of amides is 1.